The topological polar surface area (TPSA) is 58.4 Å². The lowest BCUT2D eigenvalue weighted by Gasteiger charge is -2.39. The number of nitrogens with two attached hydrogens (primary N) is 1. The van der Waals surface area contributed by atoms with Crippen LogP contribution in [0.3, 0.4) is 0 Å². The van der Waals surface area contributed by atoms with Crippen LogP contribution in [0.5, 0.6) is 0 Å². The first kappa shape index (κ1) is 16.5. The van der Waals surface area contributed by atoms with Gasteiger partial charge in [-0.1, -0.05) is 22.4 Å². The summed E-state index contributed by atoms with van der Waals surface area (Å²) in [5.74, 6) is 0.0348. The summed E-state index contributed by atoms with van der Waals surface area (Å²) in [6.45, 7) is 5.21. The summed E-state index contributed by atoms with van der Waals surface area (Å²) >= 11 is 3.43. The minimum Gasteiger partial charge on any atom is -0.329 e. The third-order valence-electron chi connectivity index (χ3n) is 4.26. The van der Waals surface area contributed by atoms with Gasteiger partial charge in [-0.15, -0.1) is 0 Å². The van der Waals surface area contributed by atoms with Crippen LogP contribution in [0.1, 0.15) is 31.7 Å². The second kappa shape index (κ2) is 7.38. The summed E-state index contributed by atoms with van der Waals surface area (Å²) in [6, 6.07) is 6.61. The standard InChI is InChI=1S/C16H24BrN3O/c1-11-8-13(17)6-7-15(11)19-16(21)10-20-12(2)4-3-5-14(20)9-18/h6-8,12,14H,3-5,9-10,18H2,1-2H3,(H,19,21). The lowest BCUT2D eigenvalue weighted by Crippen LogP contribution is -2.51. The minimum atomic E-state index is 0.0348. The van der Waals surface area contributed by atoms with Gasteiger partial charge in [-0.05, 0) is 50.5 Å². The molecule has 1 heterocycles. The van der Waals surface area contributed by atoms with E-state index in [2.05, 4.69) is 33.1 Å². The summed E-state index contributed by atoms with van der Waals surface area (Å²) in [6.07, 6.45) is 3.43. The van der Waals surface area contributed by atoms with Crippen molar-refractivity contribution in [1.82, 2.24) is 4.90 Å². The monoisotopic (exact) mass is 353 g/mol. The van der Waals surface area contributed by atoms with Crippen LogP contribution < -0.4 is 11.1 Å². The average Bonchev–Trinajstić information content (AvgIpc) is 2.44. The van der Waals surface area contributed by atoms with Gasteiger partial charge in [0.2, 0.25) is 5.91 Å². The number of nitrogens with one attached hydrogen (secondary N) is 1. The number of rotatable bonds is 4. The van der Waals surface area contributed by atoms with E-state index in [9.17, 15) is 4.79 Å². The van der Waals surface area contributed by atoms with Crippen molar-refractivity contribution in [3.05, 3.63) is 28.2 Å². The Labute approximate surface area is 135 Å². The van der Waals surface area contributed by atoms with Crippen LogP contribution in [0.15, 0.2) is 22.7 Å². The molecule has 0 saturated carbocycles. The van der Waals surface area contributed by atoms with Crippen molar-refractivity contribution >= 4 is 27.5 Å². The third kappa shape index (κ3) is 4.28. The molecule has 1 fully saturated rings. The molecule has 0 bridgehead atoms. The van der Waals surface area contributed by atoms with Gasteiger partial charge in [0.1, 0.15) is 0 Å². The highest BCUT2D eigenvalue weighted by molar-refractivity contribution is 9.10. The summed E-state index contributed by atoms with van der Waals surface area (Å²) in [5.41, 5.74) is 7.77. The number of hydrogen-bond donors (Lipinski definition) is 2. The largest absolute Gasteiger partial charge is 0.329 e. The molecule has 1 aromatic carbocycles. The molecular formula is C16H24BrN3O. The summed E-state index contributed by atoms with van der Waals surface area (Å²) in [5, 5.41) is 3.01. The fourth-order valence-corrected chi connectivity index (χ4v) is 3.48. The smallest absolute Gasteiger partial charge is 0.238 e. The number of likely N-dealkylation sites (tertiary alicyclic amines) is 1. The number of piperidine rings is 1. The molecule has 1 saturated heterocycles. The molecule has 2 unspecified atom stereocenters. The average molecular weight is 354 g/mol. The van der Waals surface area contributed by atoms with Gasteiger partial charge in [0.15, 0.2) is 0 Å². The van der Waals surface area contributed by atoms with Gasteiger partial charge >= 0.3 is 0 Å². The van der Waals surface area contributed by atoms with Crippen molar-refractivity contribution in [1.29, 1.82) is 0 Å². The summed E-state index contributed by atoms with van der Waals surface area (Å²) < 4.78 is 1.02. The van der Waals surface area contributed by atoms with Crippen molar-refractivity contribution in [3.63, 3.8) is 0 Å². The zero-order chi connectivity index (χ0) is 15.4. The molecule has 21 heavy (non-hydrogen) atoms. The molecule has 0 radical (unpaired) electrons. The van der Waals surface area contributed by atoms with E-state index in [1.54, 1.807) is 0 Å². The Morgan fingerprint density at radius 3 is 2.90 bits per heavy atom. The van der Waals surface area contributed by atoms with Crippen LogP contribution in [-0.2, 0) is 4.79 Å². The minimum absolute atomic E-state index is 0.0348. The highest BCUT2D eigenvalue weighted by Crippen LogP contribution is 2.23. The van der Waals surface area contributed by atoms with Gasteiger partial charge in [0.25, 0.3) is 0 Å². The predicted octanol–water partition coefficient (Wildman–Crippen LogP) is 2.90. The van der Waals surface area contributed by atoms with Gasteiger partial charge < -0.3 is 11.1 Å². The summed E-state index contributed by atoms with van der Waals surface area (Å²) in [4.78, 5) is 14.6. The molecule has 1 aliphatic rings. The molecule has 2 atom stereocenters. The predicted molar refractivity (Wildman–Crippen MR) is 90.4 cm³/mol. The van der Waals surface area contributed by atoms with E-state index in [4.69, 9.17) is 5.73 Å². The number of carbonyl (C=O) groups excluding carboxylic acids is 1. The van der Waals surface area contributed by atoms with Crippen molar-refractivity contribution in [2.75, 3.05) is 18.4 Å². The SMILES string of the molecule is Cc1cc(Br)ccc1NC(=O)CN1C(C)CCCC1CN. The van der Waals surface area contributed by atoms with E-state index in [-0.39, 0.29) is 5.91 Å². The molecular weight excluding hydrogens is 330 g/mol. The van der Waals surface area contributed by atoms with Crippen molar-refractivity contribution in [3.8, 4) is 0 Å². The van der Waals surface area contributed by atoms with E-state index in [1.165, 1.54) is 6.42 Å². The zero-order valence-electron chi connectivity index (χ0n) is 12.7. The highest BCUT2D eigenvalue weighted by atomic mass is 79.9. The Morgan fingerprint density at radius 1 is 1.48 bits per heavy atom. The number of hydrogen-bond acceptors (Lipinski definition) is 3. The maximum Gasteiger partial charge on any atom is 0.238 e. The van der Waals surface area contributed by atoms with Crippen LogP contribution in [0.4, 0.5) is 5.69 Å². The number of nitrogens with zero attached hydrogens (tertiary/aromatic N) is 1. The highest BCUT2D eigenvalue weighted by Gasteiger charge is 2.28. The molecule has 5 heteroatoms. The number of aryl methyl sites for hydroxylation is 1. The number of anilines is 1. The fraction of sp³-hybridized carbons (Fsp3) is 0.562. The van der Waals surface area contributed by atoms with Crippen LogP contribution in [0.25, 0.3) is 0 Å². The number of carbonyl (C=O) groups is 1. The molecule has 0 aromatic heterocycles. The van der Waals surface area contributed by atoms with Crippen molar-refractivity contribution in [2.45, 2.75) is 45.2 Å². The lowest BCUT2D eigenvalue weighted by atomic mass is 9.96. The van der Waals surface area contributed by atoms with E-state index in [0.717, 1.165) is 28.6 Å². The molecule has 2 rings (SSSR count). The third-order valence-corrected chi connectivity index (χ3v) is 4.75. The molecule has 3 N–H and O–H groups in total. The van der Waals surface area contributed by atoms with E-state index >= 15 is 0 Å². The molecule has 0 spiro atoms. The number of amides is 1. The Bertz CT molecular complexity index is 506. The van der Waals surface area contributed by atoms with E-state index in [1.807, 2.05) is 25.1 Å². The first-order chi connectivity index (χ1) is 10.0. The normalized spacial score (nSPS) is 23.0. The van der Waals surface area contributed by atoms with Crippen LogP contribution in [-0.4, -0.2) is 36.0 Å². The Balaban J connectivity index is 2.00. The molecule has 0 aliphatic carbocycles. The van der Waals surface area contributed by atoms with E-state index < -0.39 is 0 Å². The Morgan fingerprint density at radius 2 is 2.24 bits per heavy atom. The quantitative estimate of drug-likeness (QED) is 0.874. The van der Waals surface area contributed by atoms with E-state index in [0.29, 0.717) is 25.2 Å². The second-order valence-electron chi connectivity index (χ2n) is 5.85. The fourth-order valence-electron chi connectivity index (χ4n) is 3.00. The first-order valence-corrected chi connectivity index (χ1v) is 8.32. The first-order valence-electron chi connectivity index (χ1n) is 7.53. The maximum atomic E-state index is 12.3. The van der Waals surface area contributed by atoms with Crippen LogP contribution in [0.2, 0.25) is 0 Å². The van der Waals surface area contributed by atoms with Gasteiger partial charge in [-0.2, -0.15) is 0 Å². The van der Waals surface area contributed by atoms with Gasteiger partial charge in [-0.25, -0.2) is 0 Å². The van der Waals surface area contributed by atoms with Crippen LogP contribution in [0, 0.1) is 6.92 Å². The van der Waals surface area contributed by atoms with Gasteiger partial charge in [-0.3, -0.25) is 9.69 Å². The molecule has 1 aromatic rings. The summed E-state index contributed by atoms with van der Waals surface area (Å²) in [7, 11) is 0. The van der Waals surface area contributed by atoms with Crippen molar-refractivity contribution < 1.29 is 4.79 Å². The molecule has 116 valence electrons. The lowest BCUT2D eigenvalue weighted by molar-refractivity contribution is -0.118. The molecule has 1 amide bonds. The van der Waals surface area contributed by atoms with Gasteiger partial charge in [0.05, 0.1) is 6.54 Å². The number of halogens is 1. The Kier molecular flexibility index (Phi) is 5.79. The number of benzene rings is 1. The maximum absolute atomic E-state index is 12.3. The second-order valence-corrected chi connectivity index (χ2v) is 6.76. The van der Waals surface area contributed by atoms with Gasteiger partial charge in [0, 0.05) is 28.8 Å². The molecule has 1 aliphatic heterocycles. The van der Waals surface area contributed by atoms with Crippen LogP contribution >= 0.6 is 15.9 Å². The Hall–Kier alpha value is -0.910. The molecule has 4 nitrogen and oxygen atoms in total. The zero-order valence-corrected chi connectivity index (χ0v) is 14.3. The van der Waals surface area contributed by atoms with Crippen molar-refractivity contribution in [2.24, 2.45) is 5.73 Å².